The first-order chi connectivity index (χ1) is 12.7. The zero-order valence-corrected chi connectivity index (χ0v) is 16.7. The lowest BCUT2D eigenvalue weighted by atomic mass is 10.0. The van der Waals surface area contributed by atoms with Gasteiger partial charge in [-0.25, -0.2) is 0 Å². The van der Waals surface area contributed by atoms with E-state index in [0.717, 1.165) is 0 Å². The van der Waals surface area contributed by atoms with E-state index in [2.05, 4.69) is 5.32 Å². The van der Waals surface area contributed by atoms with Crippen LogP contribution in [0.4, 0.5) is 5.69 Å². The quantitative estimate of drug-likeness (QED) is 0.434. The van der Waals surface area contributed by atoms with E-state index in [-0.39, 0.29) is 21.5 Å². The molecule has 1 saturated heterocycles. The predicted octanol–water partition coefficient (Wildman–Crippen LogP) is 4.15. The normalized spacial score (nSPS) is 16.1. The van der Waals surface area contributed by atoms with Crippen molar-refractivity contribution in [1.82, 2.24) is 5.32 Å². The first-order valence-electron chi connectivity index (χ1n) is 7.85. The summed E-state index contributed by atoms with van der Waals surface area (Å²) in [4.78, 5) is 26.5. The molecule has 0 radical (unpaired) electrons. The Hall–Kier alpha value is -2.41. The Balaban J connectivity index is 2.06. The fraction of sp³-hybridized carbons (Fsp3) is 0.105. The van der Waals surface area contributed by atoms with Crippen molar-refractivity contribution in [2.24, 2.45) is 0 Å². The van der Waals surface area contributed by atoms with Gasteiger partial charge in [-0.3, -0.25) is 19.8 Å². The number of phenolic OH excluding ortho intramolecular Hbond substituents is 1. The molecule has 1 fully saturated rings. The number of hydrogen-bond acceptors (Lipinski definition) is 4. The summed E-state index contributed by atoms with van der Waals surface area (Å²) in [6, 6.07) is 8.00. The smallest absolute Gasteiger partial charge is 0.270 e. The summed E-state index contributed by atoms with van der Waals surface area (Å²) < 4.78 is 0. The third-order valence-electron chi connectivity index (χ3n) is 4.09. The number of hydrogen-bond donors (Lipinski definition) is 2. The largest absolute Gasteiger partial charge is 0.507 e. The molecule has 1 heterocycles. The van der Waals surface area contributed by atoms with Gasteiger partial charge in [-0.2, -0.15) is 0 Å². The fourth-order valence-electron chi connectivity index (χ4n) is 2.76. The van der Waals surface area contributed by atoms with Crippen LogP contribution in [0.1, 0.15) is 16.7 Å². The number of carbonyl (C=O) groups excluding carboxylic acids is 2. The zero-order chi connectivity index (χ0) is 19.9. The van der Waals surface area contributed by atoms with Crippen LogP contribution in [-0.2, 0) is 9.59 Å². The molecule has 0 aliphatic carbocycles. The van der Waals surface area contributed by atoms with Gasteiger partial charge in [-0.05, 0) is 79.2 Å². The number of rotatable bonds is 2. The van der Waals surface area contributed by atoms with Gasteiger partial charge < -0.3 is 5.11 Å². The van der Waals surface area contributed by atoms with E-state index in [4.69, 9.17) is 35.4 Å². The van der Waals surface area contributed by atoms with Crippen LogP contribution in [0.25, 0.3) is 6.08 Å². The number of carbonyl (C=O) groups is 2. The predicted molar refractivity (Wildman–Crippen MR) is 110 cm³/mol. The molecule has 0 saturated carbocycles. The van der Waals surface area contributed by atoms with Crippen molar-refractivity contribution >= 4 is 64.1 Å². The summed E-state index contributed by atoms with van der Waals surface area (Å²) >= 11 is 17.1. The first-order valence-corrected chi connectivity index (χ1v) is 9.02. The molecule has 0 atom stereocenters. The number of halogens is 2. The van der Waals surface area contributed by atoms with E-state index in [0.29, 0.717) is 27.4 Å². The molecule has 1 aliphatic rings. The number of aryl methyl sites for hydroxylation is 2. The first kappa shape index (κ1) is 19.4. The average molecular weight is 421 g/mol. The van der Waals surface area contributed by atoms with E-state index in [1.54, 1.807) is 38.1 Å². The highest BCUT2D eigenvalue weighted by Crippen LogP contribution is 2.30. The number of aromatic hydroxyl groups is 1. The summed E-state index contributed by atoms with van der Waals surface area (Å²) in [5, 5.41) is 13.0. The van der Waals surface area contributed by atoms with Crippen LogP contribution in [0.15, 0.2) is 35.9 Å². The van der Waals surface area contributed by atoms with Crippen LogP contribution < -0.4 is 10.2 Å². The lowest BCUT2D eigenvalue weighted by Gasteiger charge is -2.29. The summed E-state index contributed by atoms with van der Waals surface area (Å²) in [6.07, 6.45) is 1.46. The van der Waals surface area contributed by atoms with Crippen LogP contribution in [0.5, 0.6) is 5.75 Å². The highest BCUT2D eigenvalue weighted by molar-refractivity contribution is 7.80. The molecule has 0 bridgehead atoms. The van der Waals surface area contributed by atoms with Gasteiger partial charge in [0.25, 0.3) is 11.8 Å². The molecule has 0 spiro atoms. The van der Waals surface area contributed by atoms with Crippen LogP contribution in [0, 0.1) is 13.8 Å². The van der Waals surface area contributed by atoms with Crippen molar-refractivity contribution < 1.29 is 14.7 Å². The lowest BCUT2D eigenvalue weighted by molar-refractivity contribution is -0.122. The Kier molecular flexibility index (Phi) is 5.24. The van der Waals surface area contributed by atoms with Crippen molar-refractivity contribution in [3.63, 3.8) is 0 Å². The van der Waals surface area contributed by atoms with Crippen molar-refractivity contribution in [3.8, 4) is 5.75 Å². The third kappa shape index (κ3) is 3.69. The Morgan fingerprint density at radius 1 is 1.07 bits per heavy atom. The topological polar surface area (TPSA) is 69.6 Å². The minimum Gasteiger partial charge on any atom is -0.507 e. The molecule has 2 N–H and O–H groups in total. The minimum absolute atomic E-state index is 0.0430. The summed E-state index contributed by atoms with van der Waals surface area (Å²) in [5.41, 5.74) is 2.20. The van der Waals surface area contributed by atoms with Gasteiger partial charge in [-0.1, -0.05) is 23.2 Å². The van der Waals surface area contributed by atoms with Crippen LogP contribution >= 0.6 is 35.4 Å². The number of thiocarbonyl (C=S) groups is 1. The number of anilines is 1. The molecule has 3 rings (SSSR count). The molecule has 8 heteroatoms. The van der Waals surface area contributed by atoms with Gasteiger partial charge >= 0.3 is 0 Å². The summed E-state index contributed by atoms with van der Waals surface area (Å²) in [7, 11) is 0. The molecule has 1 aliphatic heterocycles. The second kappa shape index (κ2) is 7.31. The van der Waals surface area contributed by atoms with E-state index >= 15 is 0 Å². The molecule has 2 amide bonds. The van der Waals surface area contributed by atoms with Gasteiger partial charge in [0.2, 0.25) is 0 Å². The van der Waals surface area contributed by atoms with Gasteiger partial charge in [0, 0.05) is 0 Å². The molecule has 0 unspecified atom stereocenters. The zero-order valence-electron chi connectivity index (χ0n) is 14.3. The molecular formula is C19H14Cl2N2O3S. The Morgan fingerprint density at radius 3 is 2.30 bits per heavy atom. The summed E-state index contributed by atoms with van der Waals surface area (Å²) in [5.74, 6) is -0.995. The SMILES string of the molecule is Cc1cc(/C=C2\C(=O)NC(=S)N(c3ccc(Cl)c(Cl)c3)C2=O)cc(C)c1O. The standard InChI is InChI=1S/C19H14Cl2N2O3S/c1-9-5-11(6-10(2)16(9)24)7-13-17(25)22-19(27)23(18(13)26)12-3-4-14(20)15(21)8-12/h3-8,24H,1-2H3,(H,22,25,27)/b13-7+. The van der Waals surface area contributed by atoms with Gasteiger partial charge in [0.1, 0.15) is 11.3 Å². The Bertz CT molecular complexity index is 1010. The molecule has 0 aromatic heterocycles. The molecule has 27 heavy (non-hydrogen) atoms. The number of amides is 2. The summed E-state index contributed by atoms with van der Waals surface area (Å²) in [6.45, 7) is 3.48. The van der Waals surface area contributed by atoms with Crippen molar-refractivity contribution in [3.05, 3.63) is 62.6 Å². The van der Waals surface area contributed by atoms with Crippen LogP contribution in [-0.4, -0.2) is 22.0 Å². The second-order valence-electron chi connectivity index (χ2n) is 6.06. The van der Waals surface area contributed by atoms with Crippen molar-refractivity contribution in [2.45, 2.75) is 13.8 Å². The van der Waals surface area contributed by atoms with E-state index in [1.165, 1.54) is 17.0 Å². The molecular weight excluding hydrogens is 407 g/mol. The van der Waals surface area contributed by atoms with E-state index in [9.17, 15) is 14.7 Å². The molecule has 2 aromatic rings. The average Bonchev–Trinajstić information content (AvgIpc) is 2.59. The van der Waals surface area contributed by atoms with Crippen molar-refractivity contribution in [1.29, 1.82) is 0 Å². The fourth-order valence-corrected chi connectivity index (χ4v) is 3.33. The molecule has 138 valence electrons. The number of nitrogens with zero attached hydrogens (tertiary/aromatic N) is 1. The number of phenols is 1. The van der Waals surface area contributed by atoms with Gasteiger partial charge in [-0.15, -0.1) is 0 Å². The maximum absolute atomic E-state index is 13.0. The van der Waals surface area contributed by atoms with Crippen LogP contribution in [0.2, 0.25) is 10.0 Å². The number of benzene rings is 2. The Labute approximate surface area is 171 Å². The second-order valence-corrected chi connectivity index (χ2v) is 7.26. The molecule has 5 nitrogen and oxygen atoms in total. The maximum atomic E-state index is 13.0. The van der Waals surface area contributed by atoms with Crippen LogP contribution in [0.3, 0.4) is 0 Å². The van der Waals surface area contributed by atoms with Gasteiger partial charge in [0.15, 0.2) is 5.11 Å². The Morgan fingerprint density at radius 2 is 1.70 bits per heavy atom. The minimum atomic E-state index is -0.593. The van der Waals surface area contributed by atoms with Crippen molar-refractivity contribution in [2.75, 3.05) is 4.90 Å². The third-order valence-corrected chi connectivity index (χ3v) is 5.11. The van der Waals surface area contributed by atoms with E-state index in [1.807, 2.05) is 0 Å². The monoisotopic (exact) mass is 420 g/mol. The maximum Gasteiger partial charge on any atom is 0.270 e. The highest BCUT2D eigenvalue weighted by Gasteiger charge is 2.34. The van der Waals surface area contributed by atoms with Gasteiger partial charge in [0.05, 0.1) is 15.7 Å². The lowest BCUT2D eigenvalue weighted by Crippen LogP contribution is -2.54. The molecule has 2 aromatic carbocycles. The highest BCUT2D eigenvalue weighted by atomic mass is 35.5. The van der Waals surface area contributed by atoms with E-state index < -0.39 is 11.8 Å². The number of nitrogens with one attached hydrogen (secondary N) is 1.